The fraction of sp³-hybridized carbons (Fsp3) is 0.533. The predicted octanol–water partition coefficient (Wildman–Crippen LogP) is -0.853. The van der Waals surface area contributed by atoms with Gasteiger partial charge in [-0.25, -0.2) is 0 Å². The molecule has 1 fully saturated rings. The van der Waals surface area contributed by atoms with Crippen molar-refractivity contribution in [1.82, 2.24) is 16.0 Å². The Morgan fingerprint density at radius 2 is 2.10 bits per heavy atom. The standard InChI is InChI=1S/C15H23N3O3/c1-10(19)16-7-12(11-5-3-2-4-6-11)17-8-13-15(21)14(20)9-18-13/h2-6,12-15,17-18,20-21H,7-9H2,1H3,(H,16,19)/t12-,13+,14-,15+/m0/s1. The predicted molar refractivity (Wildman–Crippen MR) is 79.7 cm³/mol. The molecule has 1 saturated heterocycles. The van der Waals surface area contributed by atoms with Crippen molar-refractivity contribution in [2.24, 2.45) is 0 Å². The van der Waals surface area contributed by atoms with Crippen LogP contribution in [0.4, 0.5) is 0 Å². The molecule has 5 N–H and O–H groups in total. The van der Waals surface area contributed by atoms with E-state index < -0.39 is 12.2 Å². The van der Waals surface area contributed by atoms with E-state index in [2.05, 4.69) is 16.0 Å². The first kappa shape index (κ1) is 15.9. The summed E-state index contributed by atoms with van der Waals surface area (Å²) >= 11 is 0. The zero-order valence-electron chi connectivity index (χ0n) is 12.1. The van der Waals surface area contributed by atoms with Gasteiger partial charge in [0.1, 0.15) is 0 Å². The fourth-order valence-corrected chi connectivity index (χ4v) is 2.48. The summed E-state index contributed by atoms with van der Waals surface area (Å²) in [5, 5.41) is 28.6. The van der Waals surface area contributed by atoms with Gasteiger partial charge in [0.2, 0.25) is 5.91 Å². The van der Waals surface area contributed by atoms with Crippen LogP contribution < -0.4 is 16.0 Å². The highest BCUT2D eigenvalue weighted by Gasteiger charge is 2.32. The number of nitrogens with one attached hydrogen (secondary N) is 3. The van der Waals surface area contributed by atoms with E-state index in [1.54, 1.807) is 0 Å². The zero-order valence-corrected chi connectivity index (χ0v) is 12.1. The van der Waals surface area contributed by atoms with Gasteiger partial charge in [-0.15, -0.1) is 0 Å². The maximum atomic E-state index is 11.1. The summed E-state index contributed by atoms with van der Waals surface area (Å²) in [6.07, 6.45) is -1.49. The third kappa shape index (κ3) is 4.50. The second-order valence-electron chi connectivity index (χ2n) is 5.38. The first-order chi connectivity index (χ1) is 10.1. The van der Waals surface area contributed by atoms with Crippen molar-refractivity contribution in [3.8, 4) is 0 Å². The maximum Gasteiger partial charge on any atom is 0.216 e. The molecule has 1 aromatic rings. The molecule has 6 nitrogen and oxygen atoms in total. The van der Waals surface area contributed by atoms with Crippen LogP contribution in [-0.4, -0.2) is 54.0 Å². The molecule has 2 rings (SSSR count). The largest absolute Gasteiger partial charge is 0.389 e. The molecule has 0 unspecified atom stereocenters. The van der Waals surface area contributed by atoms with E-state index in [0.717, 1.165) is 5.56 Å². The fourth-order valence-electron chi connectivity index (χ4n) is 2.48. The Morgan fingerprint density at radius 1 is 1.38 bits per heavy atom. The Balaban J connectivity index is 1.94. The van der Waals surface area contributed by atoms with Crippen molar-refractivity contribution in [3.05, 3.63) is 35.9 Å². The van der Waals surface area contributed by atoms with Crippen molar-refractivity contribution in [3.63, 3.8) is 0 Å². The van der Waals surface area contributed by atoms with E-state index in [1.165, 1.54) is 6.92 Å². The van der Waals surface area contributed by atoms with Crippen molar-refractivity contribution in [1.29, 1.82) is 0 Å². The number of carbonyl (C=O) groups excluding carboxylic acids is 1. The van der Waals surface area contributed by atoms with Crippen LogP contribution >= 0.6 is 0 Å². The minimum atomic E-state index is -0.769. The SMILES string of the molecule is CC(=O)NC[C@H](NC[C@H]1NC[C@H](O)[C@@H]1O)c1ccccc1. The summed E-state index contributed by atoms with van der Waals surface area (Å²) in [6.45, 7) is 2.87. The minimum Gasteiger partial charge on any atom is -0.389 e. The number of aliphatic hydroxyl groups is 2. The van der Waals surface area contributed by atoms with Gasteiger partial charge in [0.25, 0.3) is 0 Å². The highest BCUT2D eigenvalue weighted by Crippen LogP contribution is 2.13. The quantitative estimate of drug-likeness (QED) is 0.471. The van der Waals surface area contributed by atoms with Crippen LogP contribution in [-0.2, 0) is 4.79 Å². The molecule has 6 heteroatoms. The molecule has 4 atom stereocenters. The number of amides is 1. The summed E-state index contributed by atoms with van der Waals surface area (Å²) in [7, 11) is 0. The van der Waals surface area contributed by atoms with E-state index >= 15 is 0 Å². The Labute approximate surface area is 124 Å². The molecule has 1 amide bonds. The zero-order chi connectivity index (χ0) is 15.2. The molecule has 1 aliphatic heterocycles. The molecule has 1 aliphatic rings. The van der Waals surface area contributed by atoms with Crippen LogP contribution in [0, 0.1) is 0 Å². The lowest BCUT2D eigenvalue weighted by atomic mass is 10.1. The molecule has 1 aromatic carbocycles. The lowest BCUT2D eigenvalue weighted by molar-refractivity contribution is -0.119. The lowest BCUT2D eigenvalue weighted by Gasteiger charge is -2.23. The van der Waals surface area contributed by atoms with Crippen LogP contribution in [0.3, 0.4) is 0 Å². The van der Waals surface area contributed by atoms with E-state index in [-0.39, 0.29) is 18.0 Å². The highest BCUT2D eigenvalue weighted by atomic mass is 16.3. The van der Waals surface area contributed by atoms with Gasteiger partial charge in [-0.05, 0) is 5.56 Å². The Hall–Kier alpha value is -1.47. The molecule has 116 valence electrons. The van der Waals surface area contributed by atoms with Gasteiger partial charge in [-0.1, -0.05) is 30.3 Å². The van der Waals surface area contributed by atoms with Crippen molar-refractivity contribution in [2.45, 2.75) is 31.2 Å². The first-order valence-corrected chi connectivity index (χ1v) is 7.20. The molecule has 1 heterocycles. The molecule has 0 radical (unpaired) electrons. The Kier molecular flexibility index (Phi) is 5.69. The maximum absolute atomic E-state index is 11.1. The van der Waals surface area contributed by atoms with E-state index in [4.69, 9.17) is 0 Å². The number of aliphatic hydroxyl groups excluding tert-OH is 2. The third-order valence-electron chi connectivity index (χ3n) is 3.74. The molecular formula is C15H23N3O3. The van der Waals surface area contributed by atoms with Crippen LogP contribution in [0.25, 0.3) is 0 Å². The number of carbonyl (C=O) groups is 1. The molecule has 0 saturated carbocycles. The van der Waals surface area contributed by atoms with Gasteiger partial charge in [0.05, 0.1) is 12.2 Å². The van der Waals surface area contributed by atoms with Crippen LogP contribution in [0.1, 0.15) is 18.5 Å². The van der Waals surface area contributed by atoms with Crippen molar-refractivity contribution >= 4 is 5.91 Å². The van der Waals surface area contributed by atoms with Gasteiger partial charge >= 0.3 is 0 Å². The average molecular weight is 293 g/mol. The second kappa shape index (κ2) is 7.51. The minimum absolute atomic E-state index is 0.0400. The van der Waals surface area contributed by atoms with Gasteiger partial charge in [-0.2, -0.15) is 0 Å². The molecule has 0 aromatic heterocycles. The van der Waals surface area contributed by atoms with Gasteiger partial charge in [0, 0.05) is 38.6 Å². The number of β-amino-alcohol motifs (C(OH)–C–C–N with tert-alkyl or cyclic N) is 1. The Bertz CT molecular complexity index is 455. The summed E-state index contributed by atoms with van der Waals surface area (Å²) in [4.78, 5) is 11.1. The smallest absolute Gasteiger partial charge is 0.216 e. The van der Waals surface area contributed by atoms with Crippen LogP contribution in [0.15, 0.2) is 30.3 Å². The van der Waals surface area contributed by atoms with Gasteiger partial charge in [0.15, 0.2) is 0 Å². The van der Waals surface area contributed by atoms with E-state index in [0.29, 0.717) is 19.6 Å². The summed E-state index contributed by atoms with van der Waals surface area (Å²) < 4.78 is 0. The normalized spacial score (nSPS) is 26.5. The van der Waals surface area contributed by atoms with Gasteiger partial charge < -0.3 is 26.2 Å². The summed E-state index contributed by atoms with van der Waals surface area (Å²) in [6, 6.07) is 9.59. The molecule has 0 bridgehead atoms. The summed E-state index contributed by atoms with van der Waals surface area (Å²) in [5.41, 5.74) is 1.07. The molecule has 0 spiro atoms. The van der Waals surface area contributed by atoms with Crippen molar-refractivity contribution in [2.75, 3.05) is 19.6 Å². The molecular weight excluding hydrogens is 270 g/mol. The van der Waals surface area contributed by atoms with Crippen LogP contribution in [0.5, 0.6) is 0 Å². The molecule has 21 heavy (non-hydrogen) atoms. The highest BCUT2D eigenvalue weighted by molar-refractivity contribution is 5.72. The van der Waals surface area contributed by atoms with Crippen LogP contribution in [0.2, 0.25) is 0 Å². The topological polar surface area (TPSA) is 93.6 Å². The number of hydrogen-bond acceptors (Lipinski definition) is 5. The van der Waals surface area contributed by atoms with E-state index in [1.807, 2.05) is 30.3 Å². The third-order valence-corrected chi connectivity index (χ3v) is 3.74. The number of rotatable bonds is 6. The lowest BCUT2D eigenvalue weighted by Crippen LogP contribution is -2.44. The number of hydrogen-bond donors (Lipinski definition) is 5. The van der Waals surface area contributed by atoms with Crippen molar-refractivity contribution < 1.29 is 15.0 Å². The molecule has 0 aliphatic carbocycles. The average Bonchev–Trinajstić information content (AvgIpc) is 2.80. The summed E-state index contributed by atoms with van der Waals surface area (Å²) in [5.74, 6) is -0.0767. The van der Waals surface area contributed by atoms with Gasteiger partial charge in [-0.3, -0.25) is 4.79 Å². The first-order valence-electron chi connectivity index (χ1n) is 7.20. The Morgan fingerprint density at radius 3 is 2.67 bits per heavy atom. The monoisotopic (exact) mass is 293 g/mol. The number of benzene rings is 1. The second-order valence-corrected chi connectivity index (χ2v) is 5.38. The van der Waals surface area contributed by atoms with E-state index in [9.17, 15) is 15.0 Å².